The van der Waals surface area contributed by atoms with Gasteiger partial charge >= 0.3 is 6.18 Å². The quantitative estimate of drug-likeness (QED) is 0.671. The summed E-state index contributed by atoms with van der Waals surface area (Å²) < 4.78 is 53.4. The van der Waals surface area contributed by atoms with E-state index < -0.39 is 23.9 Å². The molecule has 1 aromatic carbocycles. The van der Waals surface area contributed by atoms with E-state index in [1.54, 1.807) is 6.92 Å². The Morgan fingerprint density at radius 1 is 1.33 bits per heavy atom. The van der Waals surface area contributed by atoms with Crippen LogP contribution in [0.3, 0.4) is 0 Å². The van der Waals surface area contributed by atoms with Crippen molar-refractivity contribution in [3.63, 3.8) is 0 Å². The van der Waals surface area contributed by atoms with Crippen molar-refractivity contribution in [2.45, 2.75) is 38.4 Å². The number of carbonyl (C=O) groups is 1. The molecule has 1 saturated heterocycles. The number of hydrogen-bond donors (Lipinski definition) is 0. The fourth-order valence-corrected chi connectivity index (χ4v) is 2.81. The SMILES string of the molecule is Cc1cc(C(=O)N2CCCCC2C(F)(F)F)c(F)cc1Br. The van der Waals surface area contributed by atoms with E-state index in [1.807, 2.05) is 0 Å². The molecule has 0 radical (unpaired) electrons. The Balaban J connectivity index is 2.36. The molecule has 116 valence electrons. The number of carbonyl (C=O) groups excluding carboxylic acids is 1. The molecule has 1 aromatic rings. The first kappa shape index (κ1) is 16.3. The molecular weight excluding hydrogens is 354 g/mol. The molecule has 1 heterocycles. The first-order chi connectivity index (χ1) is 9.71. The number of piperidine rings is 1. The van der Waals surface area contributed by atoms with E-state index >= 15 is 0 Å². The van der Waals surface area contributed by atoms with Crippen molar-refractivity contribution in [3.8, 4) is 0 Å². The molecular formula is C14H14BrF4NO. The number of aryl methyl sites for hydroxylation is 1. The highest BCUT2D eigenvalue weighted by molar-refractivity contribution is 9.10. The Bertz CT molecular complexity index is 559. The maximum atomic E-state index is 13.9. The van der Waals surface area contributed by atoms with Gasteiger partial charge in [0, 0.05) is 11.0 Å². The predicted octanol–water partition coefficient (Wildman–Crippen LogP) is 4.45. The molecule has 2 rings (SSSR count). The molecule has 21 heavy (non-hydrogen) atoms. The van der Waals surface area contributed by atoms with Crippen molar-refractivity contribution < 1.29 is 22.4 Å². The van der Waals surface area contributed by atoms with Gasteiger partial charge in [-0.15, -0.1) is 0 Å². The molecule has 1 aliphatic heterocycles. The zero-order chi connectivity index (χ0) is 15.8. The minimum absolute atomic E-state index is 0.00242. The lowest BCUT2D eigenvalue weighted by molar-refractivity contribution is -0.183. The Labute approximate surface area is 128 Å². The second-order valence-electron chi connectivity index (χ2n) is 5.13. The summed E-state index contributed by atoms with van der Waals surface area (Å²) >= 11 is 3.12. The van der Waals surface area contributed by atoms with E-state index in [0.29, 0.717) is 22.9 Å². The summed E-state index contributed by atoms with van der Waals surface area (Å²) in [5, 5.41) is 0. The van der Waals surface area contributed by atoms with Gasteiger partial charge in [-0.25, -0.2) is 4.39 Å². The monoisotopic (exact) mass is 367 g/mol. The molecule has 1 amide bonds. The smallest absolute Gasteiger partial charge is 0.326 e. The van der Waals surface area contributed by atoms with Gasteiger partial charge in [-0.3, -0.25) is 4.79 Å². The van der Waals surface area contributed by atoms with Gasteiger partial charge in [0.15, 0.2) is 0 Å². The normalized spacial score (nSPS) is 19.7. The maximum Gasteiger partial charge on any atom is 0.408 e. The molecule has 1 aliphatic rings. The van der Waals surface area contributed by atoms with Crippen LogP contribution in [0.2, 0.25) is 0 Å². The molecule has 1 fully saturated rings. The number of benzene rings is 1. The van der Waals surface area contributed by atoms with Crippen LogP contribution in [-0.2, 0) is 0 Å². The van der Waals surface area contributed by atoms with E-state index in [-0.39, 0.29) is 18.5 Å². The third-order valence-corrected chi connectivity index (χ3v) is 4.47. The van der Waals surface area contributed by atoms with Gasteiger partial charge in [0.2, 0.25) is 0 Å². The van der Waals surface area contributed by atoms with Gasteiger partial charge in [0.05, 0.1) is 5.56 Å². The second kappa shape index (κ2) is 5.94. The number of hydrogen-bond acceptors (Lipinski definition) is 1. The van der Waals surface area contributed by atoms with Crippen LogP contribution in [0.15, 0.2) is 16.6 Å². The third kappa shape index (κ3) is 3.39. The fourth-order valence-electron chi connectivity index (χ4n) is 2.49. The first-order valence-electron chi connectivity index (χ1n) is 6.55. The van der Waals surface area contributed by atoms with Crippen molar-refractivity contribution in [1.29, 1.82) is 0 Å². The minimum atomic E-state index is -4.49. The van der Waals surface area contributed by atoms with Crippen LogP contribution in [0, 0.1) is 12.7 Å². The average Bonchev–Trinajstić information content (AvgIpc) is 2.41. The van der Waals surface area contributed by atoms with Gasteiger partial charge < -0.3 is 4.90 Å². The van der Waals surface area contributed by atoms with E-state index in [4.69, 9.17) is 0 Å². The van der Waals surface area contributed by atoms with E-state index in [2.05, 4.69) is 15.9 Å². The largest absolute Gasteiger partial charge is 0.408 e. The van der Waals surface area contributed by atoms with Crippen LogP contribution in [-0.4, -0.2) is 29.6 Å². The Morgan fingerprint density at radius 2 is 2.00 bits per heavy atom. The van der Waals surface area contributed by atoms with Crippen molar-refractivity contribution in [3.05, 3.63) is 33.5 Å². The lowest BCUT2D eigenvalue weighted by atomic mass is 9.99. The summed E-state index contributed by atoms with van der Waals surface area (Å²) in [7, 11) is 0. The third-order valence-electron chi connectivity index (χ3n) is 3.62. The number of nitrogens with zero attached hydrogens (tertiary/aromatic N) is 1. The first-order valence-corrected chi connectivity index (χ1v) is 7.34. The van der Waals surface area contributed by atoms with Crippen LogP contribution >= 0.6 is 15.9 Å². The molecule has 0 bridgehead atoms. The van der Waals surface area contributed by atoms with Gasteiger partial charge in [0.25, 0.3) is 5.91 Å². The highest BCUT2D eigenvalue weighted by atomic mass is 79.9. The number of alkyl halides is 3. The van der Waals surface area contributed by atoms with Crippen molar-refractivity contribution in [1.82, 2.24) is 4.90 Å². The molecule has 2 nitrogen and oxygen atoms in total. The van der Waals surface area contributed by atoms with Gasteiger partial charge in [-0.05, 0) is 43.9 Å². The highest BCUT2D eigenvalue weighted by Gasteiger charge is 2.46. The molecule has 0 N–H and O–H groups in total. The second-order valence-corrected chi connectivity index (χ2v) is 5.99. The zero-order valence-electron chi connectivity index (χ0n) is 11.3. The highest BCUT2D eigenvalue weighted by Crippen LogP contribution is 2.33. The van der Waals surface area contributed by atoms with Crippen LogP contribution in [0.4, 0.5) is 17.6 Å². The Hall–Kier alpha value is -1.11. The standard InChI is InChI=1S/C14H14BrF4NO/c1-8-6-9(11(16)7-10(8)15)13(21)20-5-3-2-4-12(20)14(17,18)19/h6-7,12H,2-5H2,1H3. The molecule has 0 saturated carbocycles. The summed E-state index contributed by atoms with van der Waals surface area (Å²) in [6, 6.07) is 0.556. The van der Waals surface area contributed by atoms with Crippen LogP contribution < -0.4 is 0 Å². The molecule has 1 unspecified atom stereocenters. The van der Waals surface area contributed by atoms with Crippen LogP contribution in [0.25, 0.3) is 0 Å². The molecule has 0 spiro atoms. The van der Waals surface area contributed by atoms with Gasteiger partial charge in [-0.1, -0.05) is 15.9 Å². The molecule has 0 aliphatic carbocycles. The fraction of sp³-hybridized carbons (Fsp3) is 0.500. The van der Waals surface area contributed by atoms with Crippen molar-refractivity contribution in [2.24, 2.45) is 0 Å². The van der Waals surface area contributed by atoms with E-state index in [0.717, 1.165) is 11.0 Å². The summed E-state index contributed by atoms with van der Waals surface area (Å²) in [6.45, 7) is 1.65. The van der Waals surface area contributed by atoms with Gasteiger partial charge in [-0.2, -0.15) is 13.2 Å². The number of amides is 1. The lowest BCUT2D eigenvalue weighted by Crippen LogP contribution is -2.51. The topological polar surface area (TPSA) is 20.3 Å². The number of likely N-dealkylation sites (tertiary alicyclic amines) is 1. The number of rotatable bonds is 1. The average molecular weight is 368 g/mol. The lowest BCUT2D eigenvalue weighted by Gasteiger charge is -2.36. The number of halogens is 5. The summed E-state index contributed by atoms with van der Waals surface area (Å²) in [5.74, 6) is -1.71. The minimum Gasteiger partial charge on any atom is -0.326 e. The molecule has 1 atom stereocenters. The van der Waals surface area contributed by atoms with Crippen LogP contribution in [0.5, 0.6) is 0 Å². The van der Waals surface area contributed by atoms with E-state index in [1.165, 1.54) is 6.07 Å². The summed E-state index contributed by atoms with van der Waals surface area (Å²) in [6.07, 6.45) is -3.71. The summed E-state index contributed by atoms with van der Waals surface area (Å²) in [5.41, 5.74) is 0.284. The van der Waals surface area contributed by atoms with E-state index in [9.17, 15) is 22.4 Å². The van der Waals surface area contributed by atoms with Crippen molar-refractivity contribution >= 4 is 21.8 Å². The maximum absolute atomic E-state index is 13.9. The zero-order valence-corrected chi connectivity index (χ0v) is 12.9. The Kier molecular flexibility index (Phi) is 4.60. The summed E-state index contributed by atoms with van der Waals surface area (Å²) in [4.78, 5) is 13.1. The Morgan fingerprint density at radius 3 is 2.62 bits per heavy atom. The predicted molar refractivity (Wildman–Crippen MR) is 73.6 cm³/mol. The molecule has 0 aromatic heterocycles. The molecule has 7 heteroatoms. The van der Waals surface area contributed by atoms with Gasteiger partial charge in [0.1, 0.15) is 11.9 Å². The van der Waals surface area contributed by atoms with Crippen LogP contribution in [0.1, 0.15) is 35.2 Å². The van der Waals surface area contributed by atoms with Crippen molar-refractivity contribution in [2.75, 3.05) is 6.54 Å².